The van der Waals surface area contributed by atoms with E-state index in [-0.39, 0.29) is 18.1 Å². The molecule has 1 saturated heterocycles. The molecule has 2 unspecified atom stereocenters. The Bertz CT molecular complexity index is 1680. The Balaban J connectivity index is 1.53. The number of benzene rings is 2. The molecule has 6 rings (SSSR count). The molecule has 2 fully saturated rings. The summed E-state index contributed by atoms with van der Waals surface area (Å²) in [5.41, 5.74) is 0.563. The third-order valence-corrected chi connectivity index (χ3v) is 8.90. The van der Waals surface area contributed by atoms with E-state index < -0.39 is 28.3 Å². The molecule has 2 bridgehead atoms. The van der Waals surface area contributed by atoms with Gasteiger partial charge in [-0.2, -0.15) is 0 Å². The number of carbonyl (C=O) groups is 3. The first-order valence-corrected chi connectivity index (χ1v) is 13.4. The summed E-state index contributed by atoms with van der Waals surface area (Å²) in [7, 11) is 0. The van der Waals surface area contributed by atoms with Crippen LogP contribution in [0.2, 0.25) is 0 Å². The van der Waals surface area contributed by atoms with Gasteiger partial charge in [0.15, 0.2) is 11.4 Å². The molecule has 1 aliphatic carbocycles. The minimum atomic E-state index is -1.34. The van der Waals surface area contributed by atoms with Crippen LogP contribution in [-0.4, -0.2) is 44.6 Å². The van der Waals surface area contributed by atoms with Crippen LogP contribution in [0.3, 0.4) is 0 Å². The predicted molar refractivity (Wildman–Crippen MR) is 149 cm³/mol. The molecule has 1 saturated carbocycles. The molecule has 9 nitrogen and oxygen atoms in total. The Morgan fingerprint density at radius 2 is 1.82 bits per heavy atom. The zero-order valence-corrected chi connectivity index (χ0v) is 22.9. The summed E-state index contributed by atoms with van der Waals surface area (Å²) < 4.78 is 13.0. The highest BCUT2D eigenvalue weighted by atomic mass is 16.6. The van der Waals surface area contributed by atoms with Crippen molar-refractivity contribution in [2.24, 2.45) is 10.8 Å². The number of pyridine rings is 1. The fraction of sp³-hybridized carbons (Fsp3) is 0.323. The molecule has 40 heavy (non-hydrogen) atoms. The number of amides is 1. The van der Waals surface area contributed by atoms with Gasteiger partial charge in [-0.25, -0.2) is 9.78 Å². The van der Waals surface area contributed by atoms with Crippen LogP contribution in [0.4, 0.5) is 5.69 Å². The second-order valence-corrected chi connectivity index (χ2v) is 11.1. The van der Waals surface area contributed by atoms with Gasteiger partial charge in [0.05, 0.1) is 40.0 Å². The smallest absolute Gasteiger partial charge is 0.338 e. The number of hydrogen-bond acceptors (Lipinski definition) is 7. The van der Waals surface area contributed by atoms with Gasteiger partial charge in [-0.15, -0.1) is 0 Å². The van der Waals surface area contributed by atoms with Crippen LogP contribution in [0.25, 0.3) is 28.2 Å². The van der Waals surface area contributed by atoms with Crippen LogP contribution in [0.5, 0.6) is 0 Å². The molecule has 4 aromatic rings. The van der Waals surface area contributed by atoms with Crippen molar-refractivity contribution in [3.63, 3.8) is 0 Å². The van der Waals surface area contributed by atoms with Crippen LogP contribution >= 0.6 is 0 Å². The van der Waals surface area contributed by atoms with E-state index in [9.17, 15) is 14.4 Å². The summed E-state index contributed by atoms with van der Waals surface area (Å²) in [4.78, 5) is 49.1. The molecule has 2 atom stereocenters. The monoisotopic (exact) mass is 538 g/mol. The van der Waals surface area contributed by atoms with E-state index in [0.29, 0.717) is 35.7 Å². The zero-order valence-electron chi connectivity index (χ0n) is 22.9. The number of nitrogens with one attached hydrogen (secondary N) is 1. The number of aromatic nitrogens is 3. The van der Waals surface area contributed by atoms with Crippen molar-refractivity contribution in [2.75, 3.05) is 11.9 Å². The summed E-state index contributed by atoms with van der Waals surface area (Å²) >= 11 is 0. The number of para-hydroxylation sites is 2. The van der Waals surface area contributed by atoms with Crippen LogP contribution in [-0.2, 0) is 19.1 Å². The molecule has 2 aromatic heterocycles. The number of imidazole rings is 1. The lowest BCUT2D eigenvalue weighted by Gasteiger charge is -2.35. The van der Waals surface area contributed by atoms with Gasteiger partial charge in [0.1, 0.15) is 5.69 Å². The molecule has 1 N–H and O–H groups in total. The highest BCUT2D eigenvalue weighted by Crippen LogP contribution is 2.65. The minimum Gasteiger partial charge on any atom is -0.462 e. The molecule has 2 aromatic carbocycles. The molecule has 3 heterocycles. The first-order valence-electron chi connectivity index (χ1n) is 13.4. The molecule has 0 spiro atoms. The Hall–Kier alpha value is -4.53. The summed E-state index contributed by atoms with van der Waals surface area (Å²) in [6, 6.07) is 18.2. The Morgan fingerprint density at radius 3 is 2.50 bits per heavy atom. The Labute approximate surface area is 231 Å². The van der Waals surface area contributed by atoms with E-state index in [1.165, 1.54) is 0 Å². The fourth-order valence-electron chi connectivity index (χ4n) is 6.08. The van der Waals surface area contributed by atoms with Crippen LogP contribution < -0.4 is 5.32 Å². The predicted octanol–water partition coefficient (Wildman–Crippen LogP) is 5.32. The Kier molecular flexibility index (Phi) is 5.80. The number of hydrogen-bond donors (Lipinski definition) is 1. The number of nitrogens with zero attached hydrogens (tertiary/aromatic N) is 3. The molecule has 1 amide bonds. The third-order valence-electron chi connectivity index (χ3n) is 8.90. The minimum absolute atomic E-state index is 0.212. The first-order chi connectivity index (χ1) is 19.1. The summed E-state index contributed by atoms with van der Waals surface area (Å²) in [6.45, 7) is 7.62. The van der Waals surface area contributed by atoms with Crippen molar-refractivity contribution in [1.82, 2.24) is 14.5 Å². The van der Waals surface area contributed by atoms with E-state index in [4.69, 9.17) is 14.5 Å². The number of rotatable bonds is 6. The number of esters is 2. The number of anilines is 1. The first kappa shape index (κ1) is 25.7. The van der Waals surface area contributed by atoms with Crippen molar-refractivity contribution < 1.29 is 23.9 Å². The zero-order chi connectivity index (χ0) is 28.3. The normalized spacial score (nSPS) is 22.8. The van der Waals surface area contributed by atoms with E-state index in [1.54, 1.807) is 31.3 Å². The van der Waals surface area contributed by atoms with Crippen molar-refractivity contribution in [3.05, 3.63) is 72.4 Å². The number of carbonyl (C=O) groups excluding carboxylic acids is 3. The number of ether oxygens (including phenoxy) is 2. The average Bonchev–Trinajstić information content (AvgIpc) is 3.48. The van der Waals surface area contributed by atoms with E-state index in [0.717, 1.165) is 11.0 Å². The van der Waals surface area contributed by atoms with Gasteiger partial charge in [-0.1, -0.05) is 32.0 Å². The van der Waals surface area contributed by atoms with Gasteiger partial charge in [0, 0.05) is 11.6 Å². The van der Waals surface area contributed by atoms with Gasteiger partial charge in [-0.05, 0) is 69.2 Å². The van der Waals surface area contributed by atoms with Crippen LogP contribution in [0.1, 0.15) is 50.9 Å². The third kappa shape index (κ3) is 3.50. The van der Waals surface area contributed by atoms with Crippen molar-refractivity contribution in [3.8, 4) is 17.2 Å². The second-order valence-electron chi connectivity index (χ2n) is 11.1. The van der Waals surface area contributed by atoms with Crippen LogP contribution in [0.15, 0.2) is 66.9 Å². The molecule has 0 radical (unpaired) electrons. The van der Waals surface area contributed by atoms with Gasteiger partial charge in [0.25, 0.3) is 5.91 Å². The molecular formula is C31H30N4O5. The highest BCUT2D eigenvalue weighted by Gasteiger charge is 2.75. The largest absolute Gasteiger partial charge is 0.462 e. The van der Waals surface area contributed by atoms with Crippen molar-refractivity contribution in [1.29, 1.82) is 0 Å². The van der Waals surface area contributed by atoms with Crippen molar-refractivity contribution >= 4 is 34.6 Å². The molecule has 2 aliphatic rings. The van der Waals surface area contributed by atoms with Crippen LogP contribution in [0, 0.1) is 10.8 Å². The highest BCUT2D eigenvalue weighted by molar-refractivity contribution is 6.05. The lowest BCUT2D eigenvalue weighted by Crippen LogP contribution is -2.50. The lowest BCUT2D eigenvalue weighted by atomic mass is 9.66. The summed E-state index contributed by atoms with van der Waals surface area (Å²) in [6.07, 6.45) is 2.66. The molecule has 1 aliphatic heterocycles. The SMILES string of the molecule is CCOC(=O)c1ccc(-n2c(-c3ccccn3)nc3ccccc32)c(NC(=O)C23CCC(C)(C(=O)O2)C3(C)C)c1. The molecular weight excluding hydrogens is 508 g/mol. The Morgan fingerprint density at radius 1 is 1.05 bits per heavy atom. The van der Waals surface area contributed by atoms with Crippen molar-refractivity contribution in [2.45, 2.75) is 46.1 Å². The quantitative estimate of drug-likeness (QED) is 0.331. The fourth-order valence-corrected chi connectivity index (χ4v) is 6.08. The maximum absolute atomic E-state index is 14.1. The topological polar surface area (TPSA) is 112 Å². The maximum Gasteiger partial charge on any atom is 0.338 e. The molecule has 204 valence electrons. The standard InChI is InChI=1S/C31H30N4O5/c1-5-39-26(36)19-13-14-24(35-23-12-7-6-10-20(23)33-25(35)21-11-8-9-17-32-21)22(18-19)34-27(37)31-16-15-30(4,28(38)40-31)29(31,2)3/h6-14,17-18H,5,15-16H2,1-4H3,(H,34,37). The van der Waals surface area contributed by atoms with E-state index in [2.05, 4.69) is 10.3 Å². The second kappa shape index (κ2) is 9.01. The maximum atomic E-state index is 14.1. The van der Waals surface area contributed by atoms with E-state index >= 15 is 0 Å². The summed E-state index contributed by atoms with van der Waals surface area (Å²) in [5, 5.41) is 3.04. The lowest BCUT2D eigenvalue weighted by molar-refractivity contribution is -0.165. The molecule has 9 heteroatoms. The van der Waals surface area contributed by atoms with Gasteiger partial charge < -0.3 is 14.8 Å². The van der Waals surface area contributed by atoms with Gasteiger partial charge in [-0.3, -0.25) is 19.1 Å². The average molecular weight is 539 g/mol. The number of fused-ring (bicyclic) bond motifs is 3. The summed E-state index contributed by atoms with van der Waals surface area (Å²) in [5.74, 6) is -0.736. The van der Waals surface area contributed by atoms with E-state index in [1.807, 2.05) is 67.8 Å². The van der Waals surface area contributed by atoms with Gasteiger partial charge in [0.2, 0.25) is 0 Å². The van der Waals surface area contributed by atoms with Gasteiger partial charge >= 0.3 is 11.9 Å².